The third-order valence-corrected chi connectivity index (χ3v) is 2.26. The van der Waals surface area contributed by atoms with Crippen molar-refractivity contribution in [2.75, 3.05) is 0 Å². The fraction of sp³-hybridized carbons (Fsp3) is 0.0909. The normalized spacial score (nSPS) is 10.5. The van der Waals surface area contributed by atoms with E-state index in [9.17, 15) is 9.59 Å². The molecule has 0 aliphatic heterocycles. The van der Waals surface area contributed by atoms with Crippen molar-refractivity contribution in [3.05, 3.63) is 45.8 Å². The average Bonchev–Trinajstić information content (AvgIpc) is 2.17. The van der Waals surface area contributed by atoms with Crippen LogP contribution in [-0.2, 0) is 0 Å². The van der Waals surface area contributed by atoms with Crippen LogP contribution in [0.4, 0.5) is 0 Å². The summed E-state index contributed by atoms with van der Waals surface area (Å²) in [4.78, 5) is 22.5. The monoisotopic (exact) mass is 202 g/mol. The van der Waals surface area contributed by atoms with Crippen LogP contribution in [-0.4, -0.2) is 5.91 Å². The Labute approximate surface area is 85.3 Å². The summed E-state index contributed by atoms with van der Waals surface area (Å²) in [5.41, 5.74) is 5.26. The topological polar surface area (TPSA) is 73.3 Å². The molecule has 0 bridgehead atoms. The van der Waals surface area contributed by atoms with E-state index in [1.54, 1.807) is 25.1 Å². The van der Waals surface area contributed by atoms with Crippen molar-refractivity contribution < 1.29 is 9.21 Å². The lowest BCUT2D eigenvalue weighted by atomic mass is 10.1. The van der Waals surface area contributed by atoms with Gasteiger partial charge in [0.25, 0.3) is 5.91 Å². The second kappa shape index (κ2) is 3.24. The van der Waals surface area contributed by atoms with Gasteiger partial charge in [-0.25, -0.2) is 4.79 Å². The fourth-order valence-electron chi connectivity index (χ4n) is 1.53. The number of rotatable bonds is 1. The van der Waals surface area contributed by atoms with E-state index in [-0.39, 0.29) is 5.56 Å². The smallest absolute Gasteiger partial charge is 0.349 e. The molecule has 4 nitrogen and oxygen atoms in total. The molecule has 0 saturated heterocycles. The number of carbonyl (C=O) groups is 1. The summed E-state index contributed by atoms with van der Waals surface area (Å²) >= 11 is 0. The van der Waals surface area contributed by atoms with Crippen LogP contribution in [0.3, 0.4) is 0 Å². The van der Waals surface area contributed by atoms with Gasteiger partial charge in [0.2, 0.25) is 0 Å². The van der Waals surface area contributed by atoms with E-state index in [0.717, 1.165) is 0 Å². The molecule has 4 heteroatoms. The third-order valence-electron chi connectivity index (χ3n) is 2.26. The molecule has 1 heterocycles. The molecule has 0 aliphatic carbocycles. The Morgan fingerprint density at radius 2 is 2.27 bits per heavy atom. The zero-order chi connectivity index (χ0) is 11.0. The molecule has 0 aliphatic rings. The van der Waals surface area contributed by atoms with Crippen molar-refractivity contribution in [3.63, 3.8) is 0 Å². The SMILES string of the molecule is Cc1c(C(N)=O)c(=O)oc2c[c]ccc12. The zero-order valence-corrected chi connectivity index (χ0v) is 8.03. The van der Waals surface area contributed by atoms with E-state index in [0.29, 0.717) is 16.5 Å². The van der Waals surface area contributed by atoms with Gasteiger partial charge in [0.1, 0.15) is 11.1 Å². The van der Waals surface area contributed by atoms with E-state index in [2.05, 4.69) is 6.07 Å². The maximum Gasteiger partial charge on any atom is 0.349 e. The van der Waals surface area contributed by atoms with E-state index in [1.807, 2.05) is 0 Å². The number of fused-ring (bicyclic) bond motifs is 1. The Morgan fingerprint density at radius 3 is 2.93 bits per heavy atom. The molecule has 15 heavy (non-hydrogen) atoms. The van der Waals surface area contributed by atoms with E-state index in [1.165, 1.54) is 0 Å². The minimum Gasteiger partial charge on any atom is -0.422 e. The molecule has 2 N–H and O–H groups in total. The maximum atomic E-state index is 11.4. The summed E-state index contributed by atoms with van der Waals surface area (Å²) in [6, 6.07) is 7.74. The van der Waals surface area contributed by atoms with Crippen molar-refractivity contribution >= 4 is 16.9 Å². The highest BCUT2D eigenvalue weighted by atomic mass is 16.4. The minimum atomic E-state index is -0.768. The number of aryl methyl sites for hydroxylation is 1. The Hall–Kier alpha value is -2.10. The fourth-order valence-corrected chi connectivity index (χ4v) is 1.53. The van der Waals surface area contributed by atoms with Gasteiger partial charge < -0.3 is 10.2 Å². The molecular weight excluding hydrogens is 194 g/mol. The van der Waals surface area contributed by atoms with E-state index in [4.69, 9.17) is 10.2 Å². The van der Waals surface area contributed by atoms with Gasteiger partial charge in [0.05, 0.1) is 0 Å². The summed E-state index contributed by atoms with van der Waals surface area (Å²) in [5, 5.41) is 0.696. The van der Waals surface area contributed by atoms with Crippen LogP contribution in [0.1, 0.15) is 15.9 Å². The molecule has 0 unspecified atom stereocenters. The number of nitrogens with two attached hydrogens (primary N) is 1. The molecule has 0 spiro atoms. The summed E-state index contributed by atoms with van der Waals surface area (Å²) in [7, 11) is 0. The van der Waals surface area contributed by atoms with Gasteiger partial charge in [-0.3, -0.25) is 4.79 Å². The minimum absolute atomic E-state index is 0.0892. The Bertz CT molecular complexity index is 598. The number of hydrogen-bond acceptors (Lipinski definition) is 3. The Balaban J connectivity index is 2.97. The van der Waals surface area contributed by atoms with Crippen LogP contribution in [0.15, 0.2) is 27.4 Å². The highest BCUT2D eigenvalue weighted by Crippen LogP contribution is 2.17. The van der Waals surface area contributed by atoms with Crippen molar-refractivity contribution in [2.24, 2.45) is 5.73 Å². The quantitative estimate of drug-likeness (QED) is 0.701. The number of primary amides is 1. The van der Waals surface area contributed by atoms with Gasteiger partial charge in [-0.1, -0.05) is 12.1 Å². The summed E-state index contributed by atoms with van der Waals surface area (Å²) in [6.45, 7) is 1.67. The Kier molecular flexibility index (Phi) is 2.04. The lowest BCUT2D eigenvalue weighted by Crippen LogP contribution is -2.22. The second-order valence-corrected chi connectivity index (χ2v) is 3.18. The number of benzene rings is 1. The molecule has 2 aromatic rings. The van der Waals surface area contributed by atoms with Crippen molar-refractivity contribution in [1.82, 2.24) is 0 Å². The second-order valence-electron chi connectivity index (χ2n) is 3.18. The lowest BCUT2D eigenvalue weighted by molar-refractivity contribution is 0.0996. The number of amides is 1. The van der Waals surface area contributed by atoms with Gasteiger partial charge in [-0.15, -0.1) is 0 Å². The molecule has 1 amide bonds. The number of hydrogen-bond donors (Lipinski definition) is 1. The molecule has 1 radical (unpaired) electrons. The third kappa shape index (κ3) is 1.40. The summed E-state index contributed by atoms with van der Waals surface area (Å²) < 4.78 is 4.95. The first-order valence-electron chi connectivity index (χ1n) is 4.34. The first kappa shape index (κ1) is 9.45. The van der Waals surface area contributed by atoms with Crippen molar-refractivity contribution in [1.29, 1.82) is 0 Å². The van der Waals surface area contributed by atoms with Crippen LogP contribution in [0, 0.1) is 13.0 Å². The average molecular weight is 202 g/mol. The molecule has 2 rings (SSSR count). The van der Waals surface area contributed by atoms with Gasteiger partial charge in [0.15, 0.2) is 0 Å². The predicted octanol–water partition coefficient (Wildman–Crippen LogP) is 1.00. The van der Waals surface area contributed by atoms with Crippen LogP contribution in [0.5, 0.6) is 0 Å². The van der Waals surface area contributed by atoms with E-state index >= 15 is 0 Å². The highest BCUT2D eigenvalue weighted by Gasteiger charge is 2.14. The van der Waals surface area contributed by atoms with Gasteiger partial charge in [-0.05, 0) is 24.6 Å². The first-order chi connectivity index (χ1) is 7.11. The highest BCUT2D eigenvalue weighted by molar-refractivity contribution is 5.98. The molecule has 1 aromatic carbocycles. The van der Waals surface area contributed by atoms with Crippen LogP contribution in [0.2, 0.25) is 0 Å². The molecule has 0 saturated carbocycles. The first-order valence-corrected chi connectivity index (χ1v) is 4.34. The molecule has 75 valence electrons. The van der Waals surface area contributed by atoms with Crippen molar-refractivity contribution in [3.8, 4) is 0 Å². The van der Waals surface area contributed by atoms with Gasteiger partial charge in [0, 0.05) is 5.39 Å². The Morgan fingerprint density at radius 1 is 1.53 bits per heavy atom. The van der Waals surface area contributed by atoms with Crippen molar-refractivity contribution in [2.45, 2.75) is 6.92 Å². The molecule has 0 fully saturated rings. The van der Waals surface area contributed by atoms with Crippen LogP contribution >= 0.6 is 0 Å². The molecule has 0 atom stereocenters. The lowest BCUT2D eigenvalue weighted by Gasteiger charge is -2.03. The molecular formula is C11H8NO3. The van der Waals surface area contributed by atoms with Crippen LogP contribution in [0.25, 0.3) is 11.0 Å². The van der Waals surface area contributed by atoms with Crippen LogP contribution < -0.4 is 11.4 Å². The number of carbonyl (C=O) groups excluding carboxylic acids is 1. The van der Waals surface area contributed by atoms with Gasteiger partial charge in [-0.2, -0.15) is 0 Å². The summed E-state index contributed by atoms with van der Waals surface area (Å²) in [5.74, 6) is -0.768. The largest absolute Gasteiger partial charge is 0.422 e. The predicted molar refractivity (Wildman–Crippen MR) is 54.6 cm³/mol. The van der Waals surface area contributed by atoms with Gasteiger partial charge >= 0.3 is 5.63 Å². The maximum absolute atomic E-state index is 11.4. The molecule has 1 aromatic heterocycles. The zero-order valence-electron chi connectivity index (χ0n) is 8.03. The summed E-state index contributed by atoms with van der Waals surface area (Å²) in [6.07, 6.45) is 0. The van der Waals surface area contributed by atoms with E-state index < -0.39 is 11.5 Å². The standard InChI is InChI=1S/C11H8NO3/c1-6-7-4-2-3-5-8(7)15-11(14)9(6)10(12)13/h2,4-5H,1H3,(H2,12,13).